The Kier molecular flexibility index (Phi) is 3.87. The molecule has 0 amide bonds. The van der Waals surface area contributed by atoms with Crippen molar-refractivity contribution in [3.05, 3.63) is 35.9 Å². The van der Waals surface area contributed by atoms with Crippen LogP contribution in [0.15, 0.2) is 30.3 Å². The molecule has 1 aromatic rings. The number of amidine groups is 1. The van der Waals surface area contributed by atoms with Crippen LogP contribution in [0.3, 0.4) is 0 Å². The second kappa shape index (κ2) is 5.56. The maximum absolute atomic E-state index is 10.2. The van der Waals surface area contributed by atoms with Gasteiger partial charge >= 0.3 is 5.91 Å². The van der Waals surface area contributed by atoms with Crippen molar-refractivity contribution in [2.45, 2.75) is 33.1 Å². The first-order valence-corrected chi connectivity index (χ1v) is 8.50. The SMILES string of the molecule is CCOC1(OCC)[NH+]=C(N)[C@@]2(C#N)[C@](C)(Cc3ccccc3)[C@@]12C#N. The molecule has 6 nitrogen and oxygen atoms in total. The summed E-state index contributed by atoms with van der Waals surface area (Å²) in [4.78, 5) is 3.00. The lowest BCUT2D eigenvalue weighted by Crippen LogP contribution is -2.91. The smallest absolute Gasteiger partial charge is 0.314 e. The summed E-state index contributed by atoms with van der Waals surface area (Å²) in [5.41, 5.74) is 4.17. The third-order valence-corrected chi connectivity index (χ3v) is 5.78. The highest BCUT2D eigenvalue weighted by Gasteiger charge is 3.02. The molecule has 1 aliphatic carbocycles. The Morgan fingerprint density at radius 3 is 2.16 bits per heavy atom. The highest BCUT2D eigenvalue weighted by Crippen LogP contribution is 2.83. The largest absolute Gasteiger partial charge is 0.343 e. The fraction of sp³-hybridized carbons (Fsp3) is 0.526. The van der Waals surface area contributed by atoms with Crippen LogP contribution in [-0.4, -0.2) is 25.0 Å². The Morgan fingerprint density at radius 1 is 1.08 bits per heavy atom. The molecule has 130 valence electrons. The van der Waals surface area contributed by atoms with E-state index >= 15 is 0 Å². The summed E-state index contributed by atoms with van der Waals surface area (Å²) < 4.78 is 11.8. The van der Waals surface area contributed by atoms with E-state index in [1.807, 2.05) is 51.1 Å². The molecule has 0 radical (unpaired) electrons. The third-order valence-electron chi connectivity index (χ3n) is 5.78. The Labute approximate surface area is 147 Å². The van der Waals surface area contributed by atoms with E-state index in [0.717, 1.165) is 5.56 Å². The van der Waals surface area contributed by atoms with Crippen molar-refractivity contribution in [2.24, 2.45) is 22.0 Å². The summed E-state index contributed by atoms with van der Waals surface area (Å²) in [5, 5.41) is 20.3. The molecule has 2 aliphatic rings. The first-order chi connectivity index (χ1) is 11.9. The summed E-state index contributed by atoms with van der Waals surface area (Å²) in [6.07, 6.45) is 0.527. The Morgan fingerprint density at radius 2 is 1.68 bits per heavy atom. The fourth-order valence-electron chi connectivity index (χ4n) is 4.81. The zero-order valence-electron chi connectivity index (χ0n) is 14.8. The molecule has 6 heteroatoms. The lowest BCUT2D eigenvalue weighted by Gasteiger charge is -2.31. The molecule has 1 saturated carbocycles. The lowest BCUT2D eigenvalue weighted by molar-refractivity contribution is -0.695. The van der Waals surface area contributed by atoms with Crippen LogP contribution in [0.1, 0.15) is 26.3 Å². The van der Waals surface area contributed by atoms with E-state index in [2.05, 4.69) is 17.1 Å². The minimum Gasteiger partial charge on any atom is -0.314 e. The average molecular weight is 339 g/mol. The lowest BCUT2D eigenvalue weighted by atomic mass is 9.85. The zero-order valence-corrected chi connectivity index (χ0v) is 14.8. The van der Waals surface area contributed by atoms with Crippen LogP contribution >= 0.6 is 0 Å². The van der Waals surface area contributed by atoms with Crippen LogP contribution in [0, 0.1) is 38.9 Å². The number of fused-ring (bicyclic) bond motifs is 1. The maximum atomic E-state index is 10.2. The summed E-state index contributed by atoms with van der Waals surface area (Å²) >= 11 is 0. The molecule has 1 aromatic carbocycles. The summed E-state index contributed by atoms with van der Waals surface area (Å²) in [7, 11) is 0. The molecule has 0 bridgehead atoms. The molecule has 0 saturated heterocycles. The zero-order chi connectivity index (χ0) is 18.3. The molecular weight excluding hydrogens is 316 g/mol. The molecular formula is C19H23N4O2+. The average Bonchev–Trinajstić information content (AvgIpc) is 2.98. The minimum atomic E-state index is -1.42. The van der Waals surface area contributed by atoms with Crippen LogP contribution in [0.25, 0.3) is 0 Å². The van der Waals surface area contributed by atoms with Gasteiger partial charge in [0.1, 0.15) is 0 Å². The van der Waals surface area contributed by atoms with Gasteiger partial charge in [-0.3, -0.25) is 5.73 Å². The summed E-state index contributed by atoms with van der Waals surface area (Å²) in [6.45, 7) is 6.23. The highest BCUT2D eigenvalue weighted by atomic mass is 16.7. The molecule has 3 atom stereocenters. The van der Waals surface area contributed by atoms with E-state index in [4.69, 9.17) is 15.2 Å². The number of benzene rings is 1. The van der Waals surface area contributed by atoms with Gasteiger partial charge in [-0.1, -0.05) is 37.3 Å². The second-order valence-electron chi connectivity index (χ2n) is 6.74. The van der Waals surface area contributed by atoms with Gasteiger partial charge in [0.2, 0.25) is 0 Å². The Balaban J connectivity index is 2.18. The van der Waals surface area contributed by atoms with Gasteiger partial charge in [0.05, 0.1) is 25.4 Å². The van der Waals surface area contributed by atoms with Gasteiger partial charge in [0.25, 0.3) is 5.84 Å². The van der Waals surface area contributed by atoms with E-state index in [1.165, 1.54) is 0 Å². The normalized spacial score (nSPS) is 34.5. The van der Waals surface area contributed by atoms with Crippen molar-refractivity contribution in [1.82, 2.24) is 0 Å². The first-order valence-electron chi connectivity index (χ1n) is 8.50. The van der Waals surface area contributed by atoms with E-state index in [0.29, 0.717) is 19.6 Å². The topological polar surface area (TPSA) is 106 Å². The second-order valence-corrected chi connectivity index (χ2v) is 6.74. The van der Waals surface area contributed by atoms with Gasteiger partial charge < -0.3 is 9.47 Å². The van der Waals surface area contributed by atoms with E-state index in [-0.39, 0.29) is 5.84 Å². The van der Waals surface area contributed by atoms with Crippen LogP contribution in [-0.2, 0) is 15.9 Å². The first kappa shape index (κ1) is 17.4. The highest BCUT2D eigenvalue weighted by molar-refractivity contribution is 5.94. The van der Waals surface area contributed by atoms with E-state index in [1.54, 1.807) is 0 Å². The van der Waals surface area contributed by atoms with Crippen LogP contribution < -0.4 is 10.7 Å². The number of nitrogens with two attached hydrogens (primary N) is 1. The van der Waals surface area contributed by atoms with Gasteiger partial charge in [0, 0.05) is 5.41 Å². The third kappa shape index (κ3) is 1.71. The van der Waals surface area contributed by atoms with Gasteiger partial charge in [0.15, 0.2) is 10.8 Å². The van der Waals surface area contributed by atoms with Crippen LogP contribution in [0.2, 0.25) is 0 Å². The fourth-order valence-corrected chi connectivity index (χ4v) is 4.81. The molecule has 1 fully saturated rings. The molecule has 25 heavy (non-hydrogen) atoms. The van der Waals surface area contributed by atoms with E-state index in [9.17, 15) is 10.5 Å². The summed E-state index contributed by atoms with van der Waals surface area (Å²) in [6, 6.07) is 14.5. The Bertz CT molecular complexity index is 788. The van der Waals surface area contributed by atoms with E-state index < -0.39 is 22.2 Å². The number of rotatable bonds is 6. The minimum absolute atomic E-state index is 0.247. The van der Waals surface area contributed by atoms with Crippen molar-refractivity contribution in [3.8, 4) is 12.1 Å². The number of nitrogens with zero attached hydrogens (tertiary/aromatic N) is 2. The molecule has 3 rings (SSSR count). The number of ether oxygens (including phenoxy) is 2. The van der Waals surface area contributed by atoms with Gasteiger partial charge in [-0.2, -0.15) is 10.5 Å². The quantitative estimate of drug-likeness (QED) is 0.732. The molecule has 0 aromatic heterocycles. The molecule has 1 heterocycles. The molecule has 0 spiro atoms. The van der Waals surface area contributed by atoms with Crippen molar-refractivity contribution in [1.29, 1.82) is 10.5 Å². The predicted octanol–water partition coefficient (Wildman–Crippen LogP) is 0.447. The van der Waals surface area contributed by atoms with Gasteiger partial charge in [-0.05, 0) is 25.8 Å². The predicted molar refractivity (Wildman–Crippen MR) is 90.5 cm³/mol. The standard InChI is InChI=1S/C19H22N4O2/c1-4-24-19(25-5-2)18(13-21)16(3,11-14-9-7-6-8-10-14)17(18,12-20)15(22)23-19/h6-10H,4-5,11H2,1-3H3,(H2,22,23)/p+1/t16-,17-,18+/m0/s1. The van der Waals surface area contributed by atoms with Crippen molar-refractivity contribution >= 4 is 5.84 Å². The van der Waals surface area contributed by atoms with Gasteiger partial charge in [-0.15, -0.1) is 0 Å². The number of nitrogens with one attached hydrogen (secondary N) is 1. The van der Waals surface area contributed by atoms with Crippen molar-refractivity contribution < 1.29 is 14.5 Å². The number of nitriles is 2. The van der Waals surface area contributed by atoms with Crippen LogP contribution in [0.5, 0.6) is 0 Å². The van der Waals surface area contributed by atoms with Crippen molar-refractivity contribution in [2.75, 3.05) is 13.2 Å². The molecule has 3 N–H and O–H groups in total. The monoisotopic (exact) mass is 339 g/mol. The van der Waals surface area contributed by atoms with Gasteiger partial charge in [-0.25, -0.2) is 4.99 Å². The summed E-state index contributed by atoms with van der Waals surface area (Å²) in [5.74, 6) is -1.17. The van der Waals surface area contributed by atoms with Crippen LogP contribution in [0.4, 0.5) is 0 Å². The molecule has 0 unspecified atom stereocenters. The maximum Gasteiger partial charge on any atom is 0.343 e. The Hall–Kier alpha value is -2.41. The molecule has 1 aliphatic heterocycles. The number of hydrogen-bond acceptors (Lipinski definition) is 5. The van der Waals surface area contributed by atoms with Crippen molar-refractivity contribution in [3.63, 3.8) is 0 Å². The number of hydrogen-bond donors (Lipinski definition) is 2.